The molecule has 0 spiro atoms. The topological polar surface area (TPSA) is 70.7 Å². The molecule has 6 nitrogen and oxygen atoms in total. The number of alkyl halides is 3. The van der Waals surface area contributed by atoms with Crippen LogP contribution in [-0.4, -0.2) is 55.6 Å². The van der Waals surface area contributed by atoms with Crippen molar-refractivity contribution in [1.29, 1.82) is 0 Å². The molecule has 3 aliphatic rings. The number of nitrogens with zero attached hydrogens (tertiary/aromatic N) is 1. The molecule has 1 saturated heterocycles. The molecule has 1 aromatic rings. The van der Waals surface area contributed by atoms with Crippen LogP contribution in [0.1, 0.15) is 31.2 Å². The number of carbonyl (C=O) groups is 2. The number of hydrogen-bond acceptors (Lipinski definition) is 4. The van der Waals surface area contributed by atoms with Gasteiger partial charge >= 0.3 is 6.18 Å². The van der Waals surface area contributed by atoms with Crippen molar-refractivity contribution in [2.75, 3.05) is 32.1 Å². The molecule has 2 amide bonds. The normalized spacial score (nSPS) is 30.5. The van der Waals surface area contributed by atoms with Gasteiger partial charge < -0.3 is 15.4 Å². The fourth-order valence-corrected chi connectivity index (χ4v) is 5.16. The number of methoxy groups -OCH3 is 1. The fraction of sp³-hybridized carbons (Fsp3) is 0.636. The van der Waals surface area contributed by atoms with Gasteiger partial charge in [-0.1, -0.05) is 6.07 Å². The van der Waals surface area contributed by atoms with E-state index in [0.29, 0.717) is 24.0 Å². The van der Waals surface area contributed by atoms with Gasteiger partial charge in [0.25, 0.3) is 0 Å². The van der Waals surface area contributed by atoms with Crippen LogP contribution in [0, 0.1) is 17.8 Å². The fourth-order valence-electron chi connectivity index (χ4n) is 5.16. The third-order valence-electron chi connectivity index (χ3n) is 6.92. The first-order chi connectivity index (χ1) is 14.8. The lowest BCUT2D eigenvalue weighted by Gasteiger charge is -2.35. The average molecular weight is 439 g/mol. The molecular weight excluding hydrogens is 411 g/mol. The van der Waals surface area contributed by atoms with E-state index in [-0.39, 0.29) is 24.1 Å². The Morgan fingerprint density at radius 2 is 1.81 bits per heavy atom. The van der Waals surface area contributed by atoms with Crippen molar-refractivity contribution in [1.82, 2.24) is 10.2 Å². The maximum atomic E-state index is 12.8. The third-order valence-corrected chi connectivity index (χ3v) is 6.92. The average Bonchev–Trinajstić information content (AvgIpc) is 3.25. The minimum atomic E-state index is -4.48. The summed E-state index contributed by atoms with van der Waals surface area (Å²) in [5.74, 6) is -0.0711. The molecule has 1 aromatic carbocycles. The molecular formula is C22H28F3N3O3. The van der Waals surface area contributed by atoms with Gasteiger partial charge in [-0.15, -0.1) is 0 Å². The molecule has 0 bridgehead atoms. The van der Waals surface area contributed by atoms with Crippen LogP contribution >= 0.6 is 0 Å². The summed E-state index contributed by atoms with van der Waals surface area (Å²) in [6, 6.07) is 5.00. The SMILES string of the molecule is COC1CCC(N2C[C@@H]3C(C(=O)NCC(=O)Nc4cccc(C(F)(F)F)c4)[C@@H]3C2)CC1. The second-order valence-electron chi connectivity index (χ2n) is 8.82. The molecule has 0 aromatic heterocycles. The number of piperidine rings is 1. The number of hydrogen-bond donors (Lipinski definition) is 2. The number of ether oxygens (including phenoxy) is 1. The van der Waals surface area contributed by atoms with Crippen LogP contribution in [-0.2, 0) is 20.5 Å². The van der Waals surface area contributed by atoms with E-state index < -0.39 is 17.6 Å². The third kappa shape index (κ3) is 5.03. The van der Waals surface area contributed by atoms with Crippen LogP contribution in [0.15, 0.2) is 24.3 Å². The number of amides is 2. The maximum absolute atomic E-state index is 12.8. The van der Waals surface area contributed by atoms with Gasteiger partial charge in [-0.25, -0.2) is 0 Å². The molecule has 9 heteroatoms. The van der Waals surface area contributed by atoms with Gasteiger partial charge in [-0.2, -0.15) is 13.2 Å². The molecule has 1 heterocycles. The number of fused-ring (bicyclic) bond motifs is 1. The molecule has 31 heavy (non-hydrogen) atoms. The Balaban J connectivity index is 1.19. The highest BCUT2D eigenvalue weighted by Gasteiger charge is 2.60. The van der Waals surface area contributed by atoms with Crippen LogP contribution < -0.4 is 10.6 Å². The van der Waals surface area contributed by atoms with E-state index >= 15 is 0 Å². The highest BCUT2D eigenvalue weighted by atomic mass is 19.4. The predicted octanol–water partition coefficient (Wildman–Crippen LogP) is 2.90. The predicted molar refractivity (Wildman–Crippen MR) is 108 cm³/mol. The summed E-state index contributed by atoms with van der Waals surface area (Å²) in [5, 5.41) is 5.04. The number of carbonyl (C=O) groups excluding carboxylic acids is 2. The van der Waals surface area contributed by atoms with Crippen LogP contribution in [0.3, 0.4) is 0 Å². The Morgan fingerprint density at radius 1 is 1.13 bits per heavy atom. The standard InChI is InChI=1S/C22H28F3N3O3/c1-31-16-7-5-15(6-8-16)28-11-17-18(12-28)20(17)21(30)26-10-19(29)27-14-4-2-3-13(9-14)22(23,24)25/h2-4,9,15-18,20H,5-8,10-12H2,1H3,(H,26,30)(H,27,29)/t15?,16?,17-,18+,20?. The van der Waals surface area contributed by atoms with Gasteiger partial charge in [0, 0.05) is 37.8 Å². The van der Waals surface area contributed by atoms with Gasteiger partial charge in [-0.3, -0.25) is 14.5 Å². The van der Waals surface area contributed by atoms with Crippen LogP contribution in [0.5, 0.6) is 0 Å². The first-order valence-corrected chi connectivity index (χ1v) is 10.8. The van der Waals surface area contributed by atoms with Gasteiger partial charge in [0.1, 0.15) is 0 Å². The molecule has 2 saturated carbocycles. The summed E-state index contributed by atoms with van der Waals surface area (Å²) < 4.78 is 43.7. The quantitative estimate of drug-likeness (QED) is 0.715. The molecule has 3 atom stereocenters. The van der Waals surface area contributed by atoms with Crippen molar-refractivity contribution >= 4 is 17.5 Å². The summed E-state index contributed by atoms with van der Waals surface area (Å²) in [7, 11) is 1.76. The molecule has 1 aliphatic heterocycles. The number of likely N-dealkylation sites (tertiary alicyclic amines) is 1. The van der Waals surface area contributed by atoms with E-state index in [1.54, 1.807) is 7.11 Å². The monoisotopic (exact) mass is 439 g/mol. The highest BCUT2D eigenvalue weighted by Crippen LogP contribution is 2.52. The number of anilines is 1. The van der Waals surface area contributed by atoms with Crippen molar-refractivity contribution in [3.05, 3.63) is 29.8 Å². The van der Waals surface area contributed by atoms with Gasteiger partial charge in [0.15, 0.2) is 0 Å². The Labute approximate surface area is 179 Å². The van der Waals surface area contributed by atoms with Gasteiger partial charge in [0.05, 0.1) is 18.2 Å². The number of halogens is 3. The second kappa shape index (κ2) is 8.78. The Hall–Kier alpha value is -2.13. The van der Waals surface area contributed by atoms with Crippen molar-refractivity contribution in [3.63, 3.8) is 0 Å². The summed E-state index contributed by atoms with van der Waals surface area (Å²) in [4.78, 5) is 27.0. The summed E-state index contributed by atoms with van der Waals surface area (Å²) in [6.07, 6.45) is 0.314. The second-order valence-corrected chi connectivity index (χ2v) is 8.82. The smallest absolute Gasteiger partial charge is 0.381 e. The largest absolute Gasteiger partial charge is 0.416 e. The Morgan fingerprint density at radius 3 is 2.42 bits per heavy atom. The van der Waals surface area contributed by atoms with Crippen LogP contribution in [0.25, 0.3) is 0 Å². The first-order valence-electron chi connectivity index (χ1n) is 10.8. The summed E-state index contributed by atoms with van der Waals surface area (Å²) in [5.41, 5.74) is -0.781. The maximum Gasteiger partial charge on any atom is 0.416 e. The van der Waals surface area contributed by atoms with E-state index in [0.717, 1.165) is 50.9 Å². The summed E-state index contributed by atoms with van der Waals surface area (Å²) >= 11 is 0. The van der Waals surface area contributed by atoms with Crippen LogP contribution in [0.2, 0.25) is 0 Å². The lowest BCUT2D eigenvalue weighted by Crippen LogP contribution is -2.41. The molecule has 0 radical (unpaired) electrons. The van der Waals surface area contributed by atoms with E-state index in [4.69, 9.17) is 4.74 Å². The number of rotatable bonds is 6. The zero-order chi connectivity index (χ0) is 22.2. The molecule has 1 unspecified atom stereocenters. The van der Waals surface area contributed by atoms with Gasteiger partial charge in [0.2, 0.25) is 11.8 Å². The molecule has 2 N–H and O–H groups in total. The number of benzene rings is 1. The van der Waals surface area contributed by atoms with E-state index in [1.807, 2.05) is 0 Å². The van der Waals surface area contributed by atoms with Crippen molar-refractivity contribution in [3.8, 4) is 0 Å². The highest BCUT2D eigenvalue weighted by molar-refractivity contribution is 5.95. The van der Waals surface area contributed by atoms with Gasteiger partial charge in [-0.05, 0) is 55.7 Å². The molecule has 3 fully saturated rings. The zero-order valence-corrected chi connectivity index (χ0v) is 17.5. The Kier molecular flexibility index (Phi) is 6.25. The number of nitrogens with one attached hydrogen (secondary N) is 2. The molecule has 170 valence electrons. The summed E-state index contributed by atoms with van der Waals surface area (Å²) in [6.45, 7) is 1.58. The lowest BCUT2D eigenvalue weighted by atomic mass is 9.91. The minimum Gasteiger partial charge on any atom is -0.381 e. The van der Waals surface area contributed by atoms with Crippen molar-refractivity contribution < 1.29 is 27.5 Å². The van der Waals surface area contributed by atoms with Crippen molar-refractivity contribution in [2.24, 2.45) is 17.8 Å². The van der Waals surface area contributed by atoms with E-state index in [2.05, 4.69) is 15.5 Å². The Bertz CT molecular complexity index is 812. The lowest BCUT2D eigenvalue weighted by molar-refractivity contribution is -0.137. The molecule has 2 aliphatic carbocycles. The van der Waals surface area contributed by atoms with Crippen molar-refractivity contribution in [2.45, 2.75) is 44.0 Å². The first kappa shape index (κ1) is 22.1. The van der Waals surface area contributed by atoms with Crippen LogP contribution in [0.4, 0.5) is 18.9 Å². The van der Waals surface area contributed by atoms with E-state index in [1.165, 1.54) is 12.1 Å². The minimum absolute atomic E-state index is 0.0520. The molecule has 4 rings (SSSR count). The zero-order valence-electron chi connectivity index (χ0n) is 17.5. The van der Waals surface area contributed by atoms with E-state index in [9.17, 15) is 22.8 Å².